The van der Waals surface area contributed by atoms with Crippen LogP contribution in [-0.4, -0.2) is 43.5 Å². The Morgan fingerprint density at radius 2 is 1.85 bits per heavy atom. The molecule has 4 rings (SSSR count). The molecule has 1 saturated heterocycles. The zero-order valence-corrected chi connectivity index (χ0v) is 15.0. The molecule has 0 saturated carbocycles. The van der Waals surface area contributed by atoms with E-state index in [1.165, 1.54) is 12.0 Å². The normalized spacial score (nSPS) is 19.5. The first-order chi connectivity index (χ1) is 12.8. The van der Waals surface area contributed by atoms with Crippen LogP contribution in [0.5, 0.6) is 11.5 Å². The van der Waals surface area contributed by atoms with E-state index in [1.807, 2.05) is 18.2 Å². The average molecular weight is 351 g/mol. The molecule has 2 aliphatic rings. The van der Waals surface area contributed by atoms with E-state index in [4.69, 9.17) is 9.47 Å². The van der Waals surface area contributed by atoms with Gasteiger partial charge >= 0.3 is 0 Å². The van der Waals surface area contributed by atoms with Crippen molar-refractivity contribution in [1.82, 2.24) is 4.90 Å². The van der Waals surface area contributed by atoms with Gasteiger partial charge in [0.05, 0.1) is 0 Å². The Hall–Kier alpha value is -2.33. The highest BCUT2D eigenvalue weighted by Crippen LogP contribution is 2.31. The van der Waals surface area contributed by atoms with Gasteiger partial charge in [-0.15, -0.1) is 0 Å². The molecular weight excluding hydrogens is 326 g/mol. The first-order valence-corrected chi connectivity index (χ1v) is 9.50. The largest absolute Gasteiger partial charge is 0.486 e. The summed E-state index contributed by atoms with van der Waals surface area (Å²) in [6.45, 7) is 4.32. The van der Waals surface area contributed by atoms with Crippen LogP contribution in [-0.2, 0) is 0 Å². The van der Waals surface area contributed by atoms with Crippen molar-refractivity contribution in [3.05, 3.63) is 59.7 Å². The molecule has 2 aromatic rings. The Morgan fingerprint density at radius 1 is 1.04 bits per heavy atom. The topological polar surface area (TPSA) is 38.8 Å². The van der Waals surface area contributed by atoms with Gasteiger partial charge in [-0.1, -0.05) is 30.3 Å². The zero-order valence-electron chi connectivity index (χ0n) is 15.0. The van der Waals surface area contributed by atoms with Gasteiger partial charge < -0.3 is 14.4 Å². The molecule has 0 N–H and O–H groups in total. The summed E-state index contributed by atoms with van der Waals surface area (Å²) in [6.07, 6.45) is 2.68. The van der Waals surface area contributed by atoms with Gasteiger partial charge in [-0.25, -0.2) is 0 Å². The van der Waals surface area contributed by atoms with E-state index in [0.29, 0.717) is 31.3 Å². The molecule has 2 aromatic carbocycles. The van der Waals surface area contributed by atoms with Crippen molar-refractivity contribution in [2.45, 2.75) is 25.2 Å². The lowest BCUT2D eigenvalue weighted by Crippen LogP contribution is -2.22. The van der Waals surface area contributed by atoms with Gasteiger partial charge in [-0.2, -0.15) is 0 Å². The summed E-state index contributed by atoms with van der Waals surface area (Å²) in [4.78, 5) is 15.0. The number of Topliss-reactive ketones (excluding diaryl/α,β-unsaturated/α-hetero) is 1. The second-order valence-corrected chi connectivity index (χ2v) is 7.08. The number of ketones is 1. The van der Waals surface area contributed by atoms with E-state index < -0.39 is 0 Å². The van der Waals surface area contributed by atoms with Crippen LogP contribution in [0.3, 0.4) is 0 Å². The minimum Gasteiger partial charge on any atom is -0.486 e. The highest BCUT2D eigenvalue weighted by molar-refractivity contribution is 5.96. The second-order valence-electron chi connectivity index (χ2n) is 7.08. The van der Waals surface area contributed by atoms with Crippen LogP contribution in [0.2, 0.25) is 0 Å². The summed E-state index contributed by atoms with van der Waals surface area (Å²) < 4.78 is 11.1. The smallest absolute Gasteiger partial charge is 0.163 e. The molecule has 0 radical (unpaired) electrons. The molecule has 26 heavy (non-hydrogen) atoms. The van der Waals surface area contributed by atoms with Crippen molar-refractivity contribution in [2.75, 3.05) is 32.8 Å². The fraction of sp³-hybridized carbons (Fsp3) is 0.409. The lowest BCUT2D eigenvalue weighted by atomic mass is 9.99. The summed E-state index contributed by atoms with van der Waals surface area (Å²) in [5, 5.41) is 0. The summed E-state index contributed by atoms with van der Waals surface area (Å²) >= 11 is 0. The number of hydrogen-bond acceptors (Lipinski definition) is 4. The molecule has 1 atom stereocenters. The van der Waals surface area contributed by atoms with Crippen molar-refractivity contribution >= 4 is 5.78 Å². The van der Waals surface area contributed by atoms with E-state index >= 15 is 0 Å². The average Bonchev–Trinajstić information content (AvgIpc) is 3.17. The highest BCUT2D eigenvalue weighted by Gasteiger charge is 2.23. The van der Waals surface area contributed by atoms with Crippen LogP contribution >= 0.6 is 0 Å². The fourth-order valence-electron chi connectivity index (χ4n) is 3.86. The molecule has 0 unspecified atom stereocenters. The molecule has 0 spiro atoms. The van der Waals surface area contributed by atoms with Crippen LogP contribution < -0.4 is 9.47 Å². The molecule has 2 aliphatic heterocycles. The molecule has 136 valence electrons. The van der Waals surface area contributed by atoms with Crippen molar-refractivity contribution < 1.29 is 14.3 Å². The fourth-order valence-corrected chi connectivity index (χ4v) is 3.86. The molecular formula is C22H25NO3. The number of ether oxygens (including phenoxy) is 2. The van der Waals surface area contributed by atoms with Gasteiger partial charge in [0.2, 0.25) is 0 Å². The highest BCUT2D eigenvalue weighted by atomic mass is 16.6. The Kier molecular flexibility index (Phi) is 5.21. The number of nitrogens with zero attached hydrogens (tertiary/aromatic N) is 1. The summed E-state index contributed by atoms with van der Waals surface area (Å²) in [6, 6.07) is 16.2. The number of likely N-dealkylation sites (tertiary alicyclic amines) is 1. The predicted molar refractivity (Wildman–Crippen MR) is 101 cm³/mol. The van der Waals surface area contributed by atoms with Gasteiger partial charge in [0, 0.05) is 18.5 Å². The second kappa shape index (κ2) is 7.92. The lowest BCUT2D eigenvalue weighted by molar-refractivity contribution is 0.0975. The molecule has 0 aromatic heterocycles. The van der Waals surface area contributed by atoms with Crippen LogP contribution in [0.1, 0.15) is 41.1 Å². The maximum Gasteiger partial charge on any atom is 0.163 e. The molecule has 2 heterocycles. The SMILES string of the molecule is O=C(CCCN1CC[C@H](c2ccccc2)C1)c1ccc2c(c1)OCCO2. The Balaban J connectivity index is 1.25. The van der Waals surface area contributed by atoms with Crippen molar-refractivity contribution in [2.24, 2.45) is 0 Å². The number of rotatable bonds is 6. The van der Waals surface area contributed by atoms with Gasteiger partial charge in [0.1, 0.15) is 13.2 Å². The van der Waals surface area contributed by atoms with E-state index in [-0.39, 0.29) is 5.78 Å². The van der Waals surface area contributed by atoms with Gasteiger partial charge in [0.25, 0.3) is 0 Å². The molecule has 4 nitrogen and oxygen atoms in total. The monoisotopic (exact) mass is 351 g/mol. The van der Waals surface area contributed by atoms with Gasteiger partial charge in [-0.05, 0) is 55.6 Å². The van der Waals surface area contributed by atoms with E-state index in [0.717, 1.165) is 37.4 Å². The van der Waals surface area contributed by atoms with Crippen LogP contribution in [0, 0.1) is 0 Å². The van der Waals surface area contributed by atoms with E-state index in [2.05, 4.69) is 35.2 Å². The molecule has 4 heteroatoms. The Bertz CT molecular complexity index is 759. The molecule has 0 aliphatic carbocycles. The standard InChI is InChI=1S/C22H25NO3/c24-20(18-8-9-21-22(15-18)26-14-13-25-21)7-4-11-23-12-10-19(16-23)17-5-2-1-3-6-17/h1-3,5-6,8-9,15,19H,4,7,10-14,16H2/t19-/m0/s1. The zero-order chi connectivity index (χ0) is 17.8. The molecule has 0 bridgehead atoms. The van der Waals surface area contributed by atoms with Crippen LogP contribution in [0.15, 0.2) is 48.5 Å². The van der Waals surface area contributed by atoms with Crippen LogP contribution in [0.25, 0.3) is 0 Å². The number of carbonyl (C=O) groups is 1. The number of hydrogen-bond donors (Lipinski definition) is 0. The summed E-state index contributed by atoms with van der Waals surface area (Å²) in [7, 11) is 0. The third-order valence-electron chi connectivity index (χ3n) is 5.29. The number of carbonyl (C=O) groups excluding carboxylic acids is 1. The van der Waals surface area contributed by atoms with Crippen molar-refractivity contribution in [3.8, 4) is 11.5 Å². The predicted octanol–water partition coefficient (Wildman–Crippen LogP) is 3.91. The Morgan fingerprint density at radius 3 is 2.69 bits per heavy atom. The third kappa shape index (κ3) is 3.91. The first kappa shape index (κ1) is 17.1. The lowest BCUT2D eigenvalue weighted by Gasteiger charge is -2.19. The quantitative estimate of drug-likeness (QED) is 0.740. The summed E-state index contributed by atoms with van der Waals surface area (Å²) in [5.74, 6) is 2.23. The van der Waals surface area contributed by atoms with Crippen LogP contribution in [0.4, 0.5) is 0 Å². The van der Waals surface area contributed by atoms with E-state index in [9.17, 15) is 4.79 Å². The van der Waals surface area contributed by atoms with Gasteiger partial charge in [0.15, 0.2) is 17.3 Å². The molecule has 1 fully saturated rings. The minimum atomic E-state index is 0.181. The summed E-state index contributed by atoms with van der Waals surface area (Å²) in [5.41, 5.74) is 2.15. The number of fused-ring (bicyclic) bond motifs is 1. The number of benzene rings is 2. The maximum absolute atomic E-state index is 12.5. The maximum atomic E-state index is 12.5. The van der Waals surface area contributed by atoms with Crippen molar-refractivity contribution in [3.63, 3.8) is 0 Å². The molecule has 0 amide bonds. The first-order valence-electron chi connectivity index (χ1n) is 9.50. The third-order valence-corrected chi connectivity index (χ3v) is 5.29. The van der Waals surface area contributed by atoms with Crippen molar-refractivity contribution in [1.29, 1.82) is 0 Å². The minimum absolute atomic E-state index is 0.181. The van der Waals surface area contributed by atoms with Gasteiger partial charge in [-0.3, -0.25) is 4.79 Å². The van der Waals surface area contributed by atoms with E-state index in [1.54, 1.807) is 0 Å². The Labute approximate surface area is 154 Å².